The van der Waals surface area contributed by atoms with Gasteiger partial charge in [-0.1, -0.05) is 60.7 Å². The maximum Gasteiger partial charge on any atom is 0.245 e. The second-order valence-electron chi connectivity index (χ2n) is 13.2. The summed E-state index contributed by atoms with van der Waals surface area (Å²) in [6, 6.07) is 16.8. The third kappa shape index (κ3) is 10.9. The standard InChI is InChI=1S/C35H49N7O5S2/c1-6-36-30(45)27(40-25(44)20-23-15-11-8-12-16-23)33-42-29(35(4,5)49-33)32(47)38-18-17-37-31(46)28-34(2,3)48-26(41-28)21-39-24(43)19-22-13-9-7-10-14-22/h7-16,26-29,33,41-42H,6,17-21H2,1-5H3,(H,36,45)(H,37,46)(H,38,47)(H,39,43)(H,40,44)/t26?,27-,28+,29+,33-/m1/s1. The first kappa shape index (κ1) is 38.2. The summed E-state index contributed by atoms with van der Waals surface area (Å²) >= 11 is 3.03. The second-order valence-corrected chi connectivity index (χ2v) is 16.9. The molecule has 2 aromatic carbocycles. The fraction of sp³-hybridized carbons (Fsp3) is 0.514. The van der Waals surface area contributed by atoms with Gasteiger partial charge in [0.25, 0.3) is 0 Å². The van der Waals surface area contributed by atoms with E-state index in [1.54, 1.807) is 11.8 Å². The maximum atomic E-state index is 13.3. The number of likely N-dealkylation sites (N-methyl/N-ethyl adjacent to an activating group) is 1. The third-order valence-corrected chi connectivity index (χ3v) is 11.3. The van der Waals surface area contributed by atoms with Crippen molar-refractivity contribution in [2.75, 3.05) is 26.2 Å². The van der Waals surface area contributed by atoms with Gasteiger partial charge in [0.15, 0.2) is 0 Å². The van der Waals surface area contributed by atoms with Gasteiger partial charge in [-0.2, -0.15) is 0 Å². The zero-order valence-corrected chi connectivity index (χ0v) is 30.4. The van der Waals surface area contributed by atoms with Crippen LogP contribution in [0.3, 0.4) is 0 Å². The van der Waals surface area contributed by atoms with Crippen molar-refractivity contribution in [3.8, 4) is 0 Å². The molecule has 5 amide bonds. The lowest BCUT2D eigenvalue weighted by Gasteiger charge is -2.25. The number of rotatable bonds is 15. The number of hydrogen-bond donors (Lipinski definition) is 7. The average Bonchev–Trinajstić information content (AvgIpc) is 3.55. The fourth-order valence-electron chi connectivity index (χ4n) is 5.89. The molecule has 2 fully saturated rings. The van der Waals surface area contributed by atoms with Gasteiger partial charge in [-0.3, -0.25) is 34.6 Å². The van der Waals surface area contributed by atoms with Crippen molar-refractivity contribution in [2.24, 2.45) is 0 Å². The smallest absolute Gasteiger partial charge is 0.245 e. The average molecular weight is 712 g/mol. The van der Waals surface area contributed by atoms with Gasteiger partial charge in [0.05, 0.1) is 23.6 Å². The van der Waals surface area contributed by atoms with Crippen LogP contribution in [0.4, 0.5) is 0 Å². The molecule has 7 N–H and O–H groups in total. The Labute approximate surface area is 297 Å². The summed E-state index contributed by atoms with van der Waals surface area (Å²) in [5.41, 5.74) is 1.77. The van der Waals surface area contributed by atoms with Crippen LogP contribution >= 0.6 is 23.5 Å². The van der Waals surface area contributed by atoms with Crippen molar-refractivity contribution in [1.29, 1.82) is 0 Å². The van der Waals surface area contributed by atoms with E-state index in [2.05, 4.69) is 37.2 Å². The molecule has 12 nitrogen and oxygen atoms in total. The van der Waals surface area contributed by atoms with E-state index in [4.69, 9.17) is 0 Å². The minimum absolute atomic E-state index is 0.0766. The van der Waals surface area contributed by atoms with E-state index in [9.17, 15) is 24.0 Å². The highest BCUT2D eigenvalue weighted by atomic mass is 32.2. The van der Waals surface area contributed by atoms with E-state index in [-0.39, 0.29) is 54.4 Å². The van der Waals surface area contributed by atoms with Gasteiger partial charge in [0.1, 0.15) is 18.1 Å². The second kappa shape index (κ2) is 17.4. The lowest BCUT2D eigenvalue weighted by atomic mass is 10.0. The molecule has 266 valence electrons. The molecule has 0 radical (unpaired) electrons. The van der Waals surface area contributed by atoms with Crippen LogP contribution in [-0.2, 0) is 36.8 Å². The Morgan fingerprint density at radius 2 is 1.20 bits per heavy atom. The molecule has 0 saturated carbocycles. The third-order valence-electron chi connectivity index (χ3n) is 8.35. The van der Waals surface area contributed by atoms with Crippen LogP contribution in [0.2, 0.25) is 0 Å². The van der Waals surface area contributed by atoms with Crippen molar-refractivity contribution < 1.29 is 24.0 Å². The molecule has 2 heterocycles. The molecule has 14 heteroatoms. The van der Waals surface area contributed by atoms with Gasteiger partial charge < -0.3 is 26.6 Å². The molecule has 5 atom stereocenters. The Morgan fingerprint density at radius 1 is 0.694 bits per heavy atom. The number of carbonyl (C=O) groups excluding carboxylic acids is 5. The Hall–Kier alpha value is -3.59. The summed E-state index contributed by atoms with van der Waals surface area (Å²) < 4.78 is -1.00. The SMILES string of the molecule is CCNC(=O)[C@@H](NC(=O)Cc1ccccc1)[C@@H]1N[C@@H](C(=O)NCCNC(=O)[C@@H]2NC(CNC(=O)Cc3ccccc3)SC2(C)C)C(C)(C)S1. The Kier molecular flexibility index (Phi) is 13.5. The van der Waals surface area contributed by atoms with Gasteiger partial charge >= 0.3 is 0 Å². The van der Waals surface area contributed by atoms with E-state index >= 15 is 0 Å². The van der Waals surface area contributed by atoms with Gasteiger partial charge in [0.2, 0.25) is 29.5 Å². The zero-order chi connectivity index (χ0) is 35.6. The van der Waals surface area contributed by atoms with E-state index in [0.29, 0.717) is 19.5 Å². The van der Waals surface area contributed by atoms with Crippen LogP contribution in [0, 0.1) is 0 Å². The molecule has 2 aromatic rings. The maximum absolute atomic E-state index is 13.3. The number of carbonyl (C=O) groups is 5. The van der Waals surface area contributed by atoms with Crippen molar-refractivity contribution in [3.63, 3.8) is 0 Å². The number of amides is 5. The Morgan fingerprint density at radius 3 is 1.76 bits per heavy atom. The number of benzene rings is 2. The van der Waals surface area contributed by atoms with Gasteiger partial charge in [-0.05, 0) is 45.7 Å². The Balaban J connectivity index is 1.23. The molecule has 0 spiro atoms. The molecule has 0 aliphatic carbocycles. The van der Waals surface area contributed by atoms with Crippen molar-refractivity contribution >= 4 is 53.1 Å². The largest absolute Gasteiger partial charge is 0.355 e. The summed E-state index contributed by atoms with van der Waals surface area (Å²) in [4.78, 5) is 64.9. The molecule has 1 unspecified atom stereocenters. The molecular weight excluding hydrogens is 663 g/mol. The molecule has 2 aliphatic heterocycles. The molecule has 2 saturated heterocycles. The van der Waals surface area contributed by atoms with Crippen LogP contribution < -0.4 is 37.2 Å². The normalized spacial score (nSPS) is 22.8. The van der Waals surface area contributed by atoms with Crippen LogP contribution in [0.1, 0.15) is 45.7 Å². The van der Waals surface area contributed by atoms with Crippen molar-refractivity contribution in [3.05, 3.63) is 71.8 Å². The van der Waals surface area contributed by atoms with Crippen molar-refractivity contribution in [2.45, 2.75) is 85.8 Å². The minimum Gasteiger partial charge on any atom is -0.355 e. The predicted molar refractivity (Wildman–Crippen MR) is 195 cm³/mol. The highest BCUT2D eigenvalue weighted by molar-refractivity contribution is 8.01. The number of thioether (sulfide) groups is 2. The molecular formula is C35H49N7O5S2. The lowest BCUT2D eigenvalue weighted by Crippen LogP contribution is -2.58. The molecule has 4 rings (SSSR count). The monoisotopic (exact) mass is 711 g/mol. The van der Waals surface area contributed by atoms with E-state index in [1.165, 1.54) is 11.8 Å². The van der Waals surface area contributed by atoms with E-state index in [0.717, 1.165) is 11.1 Å². The molecule has 0 bridgehead atoms. The summed E-state index contributed by atoms with van der Waals surface area (Å²) in [5, 5.41) is 20.4. The number of hydrogen-bond acceptors (Lipinski definition) is 9. The highest BCUT2D eigenvalue weighted by Crippen LogP contribution is 2.39. The first-order valence-electron chi connectivity index (χ1n) is 16.6. The fourth-order valence-corrected chi connectivity index (χ4v) is 8.80. The highest BCUT2D eigenvalue weighted by Gasteiger charge is 2.49. The summed E-state index contributed by atoms with van der Waals surface area (Å²) in [5.74, 6) is -1.14. The molecule has 49 heavy (non-hydrogen) atoms. The zero-order valence-electron chi connectivity index (χ0n) is 28.8. The summed E-state index contributed by atoms with van der Waals surface area (Å²) in [7, 11) is 0. The van der Waals surface area contributed by atoms with E-state index < -0.39 is 33.0 Å². The topological polar surface area (TPSA) is 170 Å². The van der Waals surface area contributed by atoms with Crippen LogP contribution in [-0.4, -0.2) is 94.1 Å². The van der Waals surface area contributed by atoms with Gasteiger partial charge in [0, 0.05) is 35.7 Å². The summed E-state index contributed by atoms with van der Waals surface area (Å²) in [6.07, 6.45) is 0.426. The van der Waals surface area contributed by atoms with Crippen LogP contribution in [0.15, 0.2) is 60.7 Å². The van der Waals surface area contributed by atoms with Gasteiger partial charge in [-0.15, -0.1) is 23.5 Å². The lowest BCUT2D eigenvalue weighted by molar-refractivity contribution is -0.129. The van der Waals surface area contributed by atoms with Gasteiger partial charge in [-0.25, -0.2) is 0 Å². The van der Waals surface area contributed by atoms with Crippen LogP contribution in [0.5, 0.6) is 0 Å². The predicted octanol–water partition coefficient (Wildman–Crippen LogP) is 1.06. The molecule has 0 aromatic heterocycles. The summed E-state index contributed by atoms with van der Waals surface area (Å²) in [6.45, 7) is 10.9. The Bertz CT molecular complexity index is 1460. The quantitative estimate of drug-likeness (QED) is 0.134. The van der Waals surface area contributed by atoms with Crippen molar-refractivity contribution in [1.82, 2.24) is 37.2 Å². The van der Waals surface area contributed by atoms with E-state index in [1.807, 2.05) is 95.3 Å². The molecule has 2 aliphatic rings. The number of nitrogens with one attached hydrogen (secondary N) is 7. The first-order valence-corrected chi connectivity index (χ1v) is 18.4. The van der Waals surface area contributed by atoms with Crippen LogP contribution in [0.25, 0.3) is 0 Å². The minimum atomic E-state index is -0.890. The first-order chi connectivity index (χ1) is 23.3.